The summed E-state index contributed by atoms with van der Waals surface area (Å²) in [6.45, 7) is 0. The minimum Gasteiger partial charge on any atom is -0.207 e. The van der Waals surface area contributed by atoms with E-state index in [-0.39, 0.29) is 5.82 Å². The predicted molar refractivity (Wildman–Crippen MR) is 94.3 cm³/mol. The fourth-order valence-electron chi connectivity index (χ4n) is 3.18. The van der Waals surface area contributed by atoms with Gasteiger partial charge in [0.2, 0.25) is 0 Å². The molecule has 0 fully saturated rings. The smallest absolute Gasteiger partial charge is 0.123 e. The molecule has 0 unspecified atom stereocenters. The average Bonchev–Trinajstić information content (AvgIpc) is 2.87. The summed E-state index contributed by atoms with van der Waals surface area (Å²) in [6, 6.07) is 22.2. The van der Waals surface area contributed by atoms with E-state index in [9.17, 15) is 4.39 Å². The van der Waals surface area contributed by atoms with Crippen LogP contribution in [0.5, 0.6) is 0 Å². The fourth-order valence-corrected chi connectivity index (χ4v) is 4.34. The highest BCUT2D eigenvalue weighted by Crippen LogP contribution is 2.38. The van der Waals surface area contributed by atoms with Crippen molar-refractivity contribution in [3.63, 3.8) is 0 Å². The summed E-state index contributed by atoms with van der Waals surface area (Å²) in [5.74, 6) is -0.182. The lowest BCUT2D eigenvalue weighted by Gasteiger charge is -2.00. The summed E-state index contributed by atoms with van der Waals surface area (Å²) in [7, 11) is 0. The maximum Gasteiger partial charge on any atom is 0.123 e. The first-order valence-corrected chi connectivity index (χ1v) is 8.04. The van der Waals surface area contributed by atoms with Gasteiger partial charge < -0.3 is 0 Å². The Kier molecular flexibility index (Phi) is 2.36. The van der Waals surface area contributed by atoms with Crippen LogP contribution in [0.4, 0.5) is 4.39 Å². The Morgan fingerprint density at radius 3 is 1.91 bits per heavy atom. The van der Waals surface area contributed by atoms with Gasteiger partial charge in [-0.05, 0) is 57.9 Å². The summed E-state index contributed by atoms with van der Waals surface area (Å²) >= 11 is 1.77. The van der Waals surface area contributed by atoms with Gasteiger partial charge in [0.1, 0.15) is 5.82 Å². The van der Waals surface area contributed by atoms with E-state index in [0.717, 1.165) is 10.8 Å². The van der Waals surface area contributed by atoms with Crippen LogP contribution in [0.2, 0.25) is 0 Å². The number of benzene rings is 4. The van der Waals surface area contributed by atoms with Crippen LogP contribution in [0.3, 0.4) is 0 Å². The summed E-state index contributed by atoms with van der Waals surface area (Å²) in [5.41, 5.74) is 0. The highest BCUT2D eigenvalue weighted by atomic mass is 32.1. The van der Waals surface area contributed by atoms with Gasteiger partial charge in [-0.25, -0.2) is 4.39 Å². The molecule has 5 aromatic rings. The highest BCUT2D eigenvalue weighted by molar-refractivity contribution is 7.26. The van der Waals surface area contributed by atoms with Crippen molar-refractivity contribution in [2.45, 2.75) is 0 Å². The molecule has 0 saturated carbocycles. The molecule has 1 aromatic heterocycles. The molecule has 4 aromatic carbocycles. The first-order chi connectivity index (χ1) is 10.8. The van der Waals surface area contributed by atoms with Crippen LogP contribution in [-0.4, -0.2) is 0 Å². The molecule has 0 atom stereocenters. The highest BCUT2D eigenvalue weighted by Gasteiger charge is 2.08. The zero-order valence-corrected chi connectivity index (χ0v) is 12.5. The van der Waals surface area contributed by atoms with Crippen LogP contribution in [0, 0.1) is 5.82 Å². The van der Waals surface area contributed by atoms with Crippen molar-refractivity contribution in [3.8, 4) is 0 Å². The largest absolute Gasteiger partial charge is 0.207 e. The van der Waals surface area contributed by atoms with E-state index in [2.05, 4.69) is 48.5 Å². The van der Waals surface area contributed by atoms with Crippen molar-refractivity contribution in [1.82, 2.24) is 0 Å². The third-order valence-electron chi connectivity index (χ3n) is 4.26. The molecular formula is C20H11FS. The van der Waals surface area contributed by atoms with E-state index in [1.54, 1.807) is 17.4 Å². The molecule has 0 aliphatic rings. The first kappa shape index (κ1) is 12.1. The number of hydrogen-bond acceptors (Lipinski definition) is 1. The standard InChI is InChI=1S/C20H11FS/c21-16-6-5-14-9-18-17-8-12-3-1-2-4-13(12)10-19(17)22-20(18)11-15(14)7-16/h1-11H. The molecule has 22 heavy (non-hydrogen) atoms. The maximum absolute atomic E-state index is 13.4. The molecule has 0 aliphatic carbocycles. The summed E-state index contributed by atoms with van der Waals surface area (Å²) in [6.07, 6.45) is 0. The average molecular weight is 302 g/mol. The van der Waals surface area contributed by atoms with E-state index >= 15 is 0 Å². The zero-order valence-electron chi connectivity index (χ0n) is 11.6. The van der Waals surface area contributed by atoms with Gasteiger partial charge in [-0.3, -0.25) is 0 Å². The molecule has 0 N–H and O–H groups in total. The Labute approximate surface area is 130 Å². The number of fused-ring (bicyclic) bond motifs is 5. The van der Waals surface area contributed by atoms with Gasteiger partial charge in [0.05, 0.1) is 0 Å². The maximum atomic E-state index is 13.4. The molecule has 0 spiro atoms. The monoisotopic (exact) mass is 302 g/mol. The molecule has 0 bridgehead atoms. The van der Waals surface area contributed by atoms with Crippen molar-refractivity contribution >= 4 is 53.1 Å². The van der Waals surface area contributed by atoms with Crippen LogP contribution in [0.25, 0.3) is 41.7 Å². The Morgan fingerprint density at radius 2 is 1.18 bits per heavy atom. The normalized spacial score (nSPS) is 11.9. The van der Waals surface area contributed by atoms with E-state index in [1.165, 1.54) is 37.0 Å². The van der Waals surface area contributed by atoms with Gasteiger partial charge in [-0.2, -0.15) is 0 Å². The second kappa shape index (κ2) is 4.28. The Morgan fingerprint density at radius 1 is 0.591 bits per heavy atom. The van der Waals surface area contributed by atoms with Crippen LogP contribution in [0.15, 0.2) is 66.7 Å². The SMILES string of the molecule is Fc1ccc2cc3c(cc2c1)sc1cc2ccccc2cc13. The fraction of sp³-hybridized carbons (Fsp3) is 0. The number of rotatable bonds is 0. The quantitative estimate of drug-likeness (QED) is 0.306. The third kappa shape index (κ3) is 1.68. The molecular weight excluding hydrogens is 291 g/mol. The Balaban J connectivity index is 1.97. The van der Waals surface area contributed by atoms with Crippen molar-refractivity contribution in [2.24, 2.45) is 0 Å². The van der Waals surface area contributed by atoms with Crippen molar-refractivity contribution in [2.75, 3.05) is 0 Å². The lowest BCUT2D eigenvalue weighted by molar-refractivity contribution is 0.630. The van der Waals surface area contributed by atoms with Crippen molar-refractivity contribution in [3.05, 3.63) is 72.5 Å². The van der Waals surface area contributed by atoms with E-state index in [1.807, 2.05) is 6.07 Å². The van der Waals surface area contributed by atoms with Crippen LogP contribution < -0.4 is 0 Å². The molecule has 1 heterocycles. The molecule has 0 radical (unpaired) electrons. The van der Waals surface area contributed by atoms with Crippen LogP contribution in [-0.2, 0) is 0 Å². The summed E-state index contributed by atoms with van der Waals surface area (Å²) < 4.78 is 15.9. The predicted octanol–water partition coefficient (Wildman–Crippen LogP) is 6.50. The van der Waals surface area contributed by atoms with Crippen LogP contribution >= 0.6 is 11.3 Å². The Hall–Kier alpha value is -2.45. The number of hydrogen-bond donors (Lipinski definition) is 0. The van der Waals surface area contributed by atoms with Gasteiger partial charge in [0, 0.05) is 20.2 Å². The minimum absolute atomic E-state index is 0.182. The molecule has 2 heteroatoms. The Bertz CT molecular complexity index is 1180. The van der Waals surface area contributed by atoms with Gasteiger partial charge in [-0.15, -0.1) is 11.3 Å². The molecule has 0 saturated heterocycles. The number of thiophene rings is 1. The lowest BCUT2D eigenvalue weighted by Crippen LogP contribution is -1.76. The van der Waals surface area contributed by atoms with E-state index in [4.69, 9.17) is 0 Å². The van der Waals surface area contributed by atoms with E-state index < -0.39 is 0 Å². The van der Waals surface area contributed by atoms with Crippen molar-refractivity contribution in [1.29, 1.82) is 0 Å². The second-order valence-electron chi connectivity index (χ2n) is 5.64. The molecule has 0 amide bonds. The van der Waals surface area contributed by atoms with Crippen molar-refractivity contribution < 1.29 is 4.39 Å². The number of halogens is 1. The van der Waals surface area contributed by atoms with Gasteiger partial charge in [0.25, 0.3) is 0 Å². The van der Waals surface area contributed by atoms with Gasteiger partial charge in [-0.1, -0.05) is 30.3 Å². The van der Waals surface area contributed by atoms with Crippen LogP contribution in [0.1, 0.15) is 0 Å². The zero-order chi connectivity index (χ0) is 14.7. The van der Waals surface area contributed by atoms with Gasteiger partial charge >= 0.3 is 0 Å². The van der Waals surface area contributed by atoms with E-state index in [0.29, 0.717) is 0 Å². The second-order valence-corrected chi connectivity index (χ2v) is 6.72. The lowest BCUT2D eigenvalue weighted by atomic mass is 10.0. The summed E-state index contributed by atoms with van der Waals surface area (Å²) in [4.78, 5) is 0. The molecule has 104 valence electrons. The van der Waals surface area contributed by atoms with Gasteiger partial charge in [0.15, 0.2) is 0 Å². The first-order valence-electron chi connectivity index (χ1n) is 7.22. The minimum atomic E-state index is -0.182. The topological polar surface area (TPSA) is 0 Å². The summed E-state index contributed by atoms with van der Waals surface area (Å²) in [5, 5.41) is 7.10. The molecule has 5 rings (SSSR count). The molecule has 0 nitrogen and oxygen atoms in total. The third-order valence-corrected chi connectivity index (χ3v) is 5.37. The molecule has 0 aliphatic heterocycles.